The molecule has 0 aliphatic heterocycles. The predicted molar refractivity (Wildman–Crippen MR) is 130 cm³/mol. The molecule has 1 amide bonds. The van der Waals surface area contributed by atoms with E-state index >= 15 is 0 Å². The van der Waals surface area contributed by atoms with Crippen molar-refractivity contribution in [2.75, 3.05) is 14.2 Å². The minimum Gasteiger partial charge on any atom is -0.496 e. The van der Waals surface area contributed by atoms with Gasteiger partial charge in [0.25, 0.3) is 5.91 Å². The van der Waals surface area contributed by atoms with Crippen molar-refractivity contribution < 1.29 is 14.3 Å². The van der Waals surface area contributed by atoms with Crippen molar-refractivity contribution in [2.24, 2.45) is 11.3 Å². The fourth-order valence-corrected chi connectivity index (χ4v) is 5.31. The molecule has 1 aliphatic carbocycles. The Labute approximate surface area is 195 Å². The van der Waals surface area contributed by atoms with Crippen LogP contribution in [-0.4, -0.2) is 35.7 Å². The van der Waals surface area contributed by atoms with E-state index in [0.29, 0.717) is 11.6 Å². The van der Waals surface area contributed by atoms with Crippen molar-refractivity contribution >= 4 is 5.91 Å². The number of nitrogens with one attached hydrogen (secondary N) is 1. The Kier molecular flexibility index (Phi) is 6.45. The first-order chi connectivity index (χ1) is 15.8. The highest BCUT2D eigenvalue weighted by atomic mass is 16.5. The summed E-state index contributed by atoms with van der Waals surface area (Å²) in [7, 11) is 3.30. The van der Waals surface area contributed by atoms with Crippen molar-refractivity contribution in [1.29, 1.82) is 0 Å². The number of aromatic nitrogens is 2. The molecule has 2 aromatic carbocycles. The first kappa shape index (κ1) is 22.9. The molecule has 1 fully saturated rings. The van der Waals surface area contributed by atoms with E-state index in [1.54, 1.807) is 26.7 Å². The number of amides is 1. The summed E-state index contributed by atoms with van der Waals surface area (Å²) < 4.78 is 12.9. The normalized spacial score (nSPS) is 19.7. The third kappa shape index (κ3) is 4.90. The number of ether oxygens (including phenoxy) is 2. The highest BCUT2D eigenvalue weighted by Gasteiger charge is 2.33. The first-order valence-electron chi connectivity index (χ1n) is 11.5. The topological polar surface area (TPSA) is 65.4 Å². The van der Waals surface area contributed by atoms with Crippen LogP contribution in [0.1, 0.15) is 50.5 Å². The molecule has 33 heavy (non-hydrogen) atoms. The number of hydrogen-bond acceptors (Lipinski definition) is 4. The Bertz CT molecular complexity index is 1100. The highest BCUT2D eigenvalue weighted by Crippen LogP contribution is 2.39. The third-order valence-corrected chi connectivity index (χ3v) is 6.46. The summed E-state index contributed by atoms with van der Waals surface area (Å²) >= 11 is 0. The van der Waals surface area contributed by atoms with Gasteiger partial charge in [-0.15, -0.1) is 0 Å². The molecular weight excluding hydrogens is 414 g/mol. The Hall–Kier alpha value is -3.28. The van der Waals surface area contributed by atoms with Crippen LogP contribution in [0, 0.1) is 11.3 Å². The van der Waals surface area contributed by atoms with E-state index in [1.165, 1.54) is 6.42 Å². The molecule has 174 valence electrons. The van der Waals surface area contributed by atoms with E-state index in [-0.39, 0.29) is 17.4 Å². The molecule has 3 aromatic rings. The lowest BCUT2D eigenvalue weighted by atomic mass is 9.70. The van der Waals surface area contributed by atoms with E-state index < -0.39 is 0 Å². The molecular formula is C27H33N3O3. The molecule has 2 atom stereocenters. The molecule has 0 unspecified atom stereocenters. The number of carbonyl (C=O) groups is 1. The van der Waals surface area contributed by atoms with Gasteiger partial charge < -0.3 is 14.8 Å². The molecule has 1 N–H and O–H groups in total. The average Bonchev–Trinajstić information content (AvgIpc) is 3.27. The van der Waals surface area contributed by atoms with Crippen molar-refractivity contribution in [3.63, 3.8) is 0 Å². The van der Waals surface area contributed by atoms with E-state index in [1.807, 2.05) is 47.0 Å². The lowest BCUT2D eigenvalue weighted by Crippen LogP contribution is -2.43. The quantitative estimate of drug-likeness (QED) is 0.542. The van der Waals surface area contributed by atoms with E-state index in [0.717, 1.165) is 41.2 Å². The lowest BCUT2D eigenvalue weighted by Gasteiger charge is -2.39. The number of nitrogens with zero attached hydrogens (tertiary/aromatic N) is 2. The summed E-state index contributed by atoms with van der Waals surface area (Å²) in [6.45, 7) is 6.83. The molecule has 1 heterocycles. The van der Waals surface area contributed by atoms with Crippen molar-refractivity contribution in [2.45, 2.75) is 46.1 Å². The summed E-state index contributed by atoms with van der Waals surface area (Å²) in [5.74, 6) is 2.00. The second kappa shape index (κ2) is 9.30. The summed E-state index contributed by atoms with van der Waals surface area (Å²) in [4.78, 5) is 17.4. The van der Waals surface area contributed by atoms with Crippen LogP contribution in [0.3, 0.4) is 0 Å². The number of methoxy groups -OCH3 is 2. The third-order valence-electron chi connectivity index (χ3n) is 6.46. The second-order valence-electron chi connectivity index (χ2n) is 9.82. The molecule has 0 bridgehead atoms. The van der Waals surface area contributed by atoms with Crippen molar-refractivity contribution in [3.05, 3.63) is 60.7 Å². The van der Waals surface area contributed by atoms with Crippen LogP contribution in [0.2, 0.25) is 0 Å². The summed E-state index contributed by atoms with van der Waals surface area (Å²) in [5, 5.41) is 3.25. The minimum atomic E-state index is -0.0853. The van der Waals surface area contributed by atoms with Gasteiger partial charge in [-0.1, -0.05) is 39.0 Å². The molecule has 0 spiro atoms. The van der Waals surface area contributed by atoms with Crippen LogP contribution in [0.25, 0.3) is 16.8 Å². The number of carbonyl (C=O) groups excluding carboxylic acids is 1. The molecule has 4 rings (SSSR count). The summed E-state index contributed by atoms with van der Waals surface area (Å²) in [5.41, 5.74) is 3.51. The molecule has 1 aromatic heterocycles. The zero-order chi connectivity index (χ0) is 23.6. The molecule has 6 nitrogen and oxygen atoms in total. The van der Waals surface area contributed by atoms with Crippen LogP contribution >= 0.6 is 0 Å². The standard InChI is InChI=1S/C27H33N3O3/c1-18-13-20(15-27(2,3)14-18)29-26(31)22-16-28-17-30(22)21-11-9-19(10-12-21)25-23(32-4)7-6-8-24(25)33-5/h6-12,16-18,20H,13-15H2,1-5H3,(H,29,31)/t18-,20-/m1/s1. The highest BCUT2D eigenvalue weighted by molar-refractivity contribution is 5.93. The maximum Gasteiger partial charge on any atom is 0.270 e. The first-order valence-corrected chi connectivity index (χ1v) is 11.5. The summed E-state index contributed by atoms with van der Waals surface area (Å²) in [6.07, 6.45) is 6.51. The molecule has 1 aliphatic rings. The lowest BCUT2D eigenvalue weighted by molar-refractivity contribution is 0.0867. The number of benzene rings is 2. The van der Waals surface area contributed by atoms with Gasteiger partial charge in [-0.3, -0.25) is 9.36 Å². The average molecular weight is 448 g/mol. The van der Waals surface area contributed by atoms with E-state index in [9.17, 15) is 4.79 Å². The fourth-order valence-electron chi connectivity index (χ4n) is 5.31. The minimum absolute atomic E-state index is 0.0853. The van der Waals surface area contributed by atoms with Gasteiger partial charge in [-0.2, -0.15) is 0 Å². The van der Waals surface area contributed by atoms with Crippen LogP contribution in [0.4, 0.5) is 0 Å². The largest absolute Gasteiger partial charge is 0.496 e. The van der Waals surface area contributed by atoms with Crippen LogP contribution in [0.15, 0.2) is 55.0 Å². The second-order valence-corrected chi connectivity index (χ2v) is 9.82. The van der Waals surface area contributed by atoms with E-state index in [2.05, 4.69) is 31.1 Å². The van der Waals surface area contributed by atoms with Crippen LogP contribution in [-0.2, 0) is 0 Å². The van der Waals surface area contributed by atoms with Gasteiger partial charge in [0, 0.05) is 11.7 Å². The zero-order valence-electron chi connectivity index (χ0n) is 20.1. The monoisotopic (exact) mass is 447 g/mol. The summed E-state index contributed by atoms with van der Waals surface area (Å²) in [6, 6.07) is 13.9. The maximum absolute atomic E-state index is 13.1. The van der Waals surface area contributed by atoms with Gasteiger partial charge in [-0.05, 0) is 60.4 Å². The number of hydrogen-bond donors (Lipinski definition) is 1. The van der Waals surface area contributed by atoms with E-state index in [4.69, 9.17) is 9.47 Å². The van der Waals surface area contributed by atoms with Crippen LogP contribution < -0.4 is 14.8 Å². The van der Waals surface area contributed by atoms with Gasteiger partial charge in [0.2, 0.25) is 0 Å². The molecule has 1 saturated carbocycles. The van der Waals surface area contributed by atoms with Gasteiger partial charge in [-0.25, -0.2) is 4.98 Å². The Morgan fingerprint density at radius 2 is 1.73 bits per heavy atom. The van der Waals surface area contributed by atoms with Gasteiger partial charge in [0.15, 0.2) is 0 Å². The van der Waals surface area contributed by atoms with Gasteiger partial charge >= 0.3 is 0 Å². The SMILES string of the molecule is COc1cccc(OC)c1-c1ccc(-n2cncc2C(=O)N[C@@H]2C[C@@H](C)CC(C)(C)C2)cc1. The van der Waals surface area contributed by atoms with Crippen LogP contribution in [0.5, 0.6) is 11.5 Å². The van der Waals surface area contributed by atoms with Crippen molar-refractivity contribution in [1.82, 2.24) is 14.9 Å². The Morgan fingerprint density at radius 3 is 2.33 bits per heavy atom. The Balaban J connectivity index is 1.57. The predicted octanol–water partition coefficient (Wildman–Crippen LogP) is 5.50. The molecule has 6 heteroatoms. The van der Waals surface area contributed by atoms with Crippen molar-refractivity contribution in [3.8, 4) is 28.3 Å². The number of rotatable bonds is 6. The Morgan fingerprint density at radius 1 is 1.06 bits per heavy atom. The van der Waals surface area contributed by atoms with Gasteiger partial charge in [0.1, 0.15) is 17.2 Å². The number of imidazole rings is 1. The maximum atomic E-state index is 13.1. The fraction of sp³-hybridized carbons (Fsp3) is 0.407. The smallest absolute Gasteiger partial charge is 0.270 e. The molecule has 0 saturated heterocycles. The zero-order valence-corrected chi connectivity index (χ0v) is 20.1. The van der Waals surface area contributed by atoms with Gasteiger partial charge in [0.05, 0.1) is 32.3 Å². The molecule has 0 radical (unpaired) electrons.